The molecular formula is C12H25NO. The molecule has 0 spiro atoms. The Balaban J connectivity index is 2.42. The number of piperidine rings is 1. The second-order valence-electron chi connectivity index (χ2n) is 5.63. The third-order valence-corrected chi connectivity index (χ3v) is 3.35. The highest BCUT2D eigenvalue weighted by Crippen LogP contribution is 2.27. The number of hydrogen-bond acceptors (Lipinski definition) is 2. The molecule has 0 saturated carbocycles. The van der Waals surface area contributed by atoms with Gasteiger partial charge in [-0.2, -0.15) is 0 Å². The molecule has 1 aliphatic heterocycles. The first-order chi connectivity index (χ1) is 6.45. The Morgan fingerprint density at radius 1 is 1.29 bits per heavy atom. The van der Waals surface area contributed by atoms with Gasteiger partial charge in [0.15, 0.2) is 0 Å². The van der Waals surface area contributed by atoms with E-state index in [4.69, 9.17) is 0 Å². The molecule has 1 saturated heterocycles. The fourth-order valence-corrected chi connectivity index (χ4v) is 2.15. The summed E-state index contributed by atoms with van der Waals surface area (Å²) in [6.07, 6.45) is 3.52. The maximum atomic E-state index is 10.1. The van der Waals surface area contributed by atoms with Crippen molar-refractivity contribution in [3.63, 3.8) is 0 Å². The molecule has 1 heterocycles. The maximum Gasteiger partial charge on any atom is 0.112 e. The van der Waals surface area contributed by atoms with Gasteiger partial charge in [0.1, 0.15) is 6.23 Å². The highest BCUT2D eigenvalue weighted by Gasteiger charge is 2.30. The first-order valence-corrected chi connectivity index (χ1v) is 5.87. The third kappa shape index (κ3) is 2.96. The van der Waals surface area contributed by atoms with Gasteiger partial charge in [-0.25, -0.2) is 0 Å². The van der Waals surface area contributed by atoms with Crippen molar-refractivity contribution in [2.75, 3.05) is 13.1 Å². The molecule has 1 unspecified atom stereocenters. The van der Waals surface area contributed by atoms with Crippen LogP contribution < -0.4 is 0 Å². The lowest BCUT2D eigenvalue weighted by Crippen LogP contribution is -2.47. The van der Waals surface area contributed by atoms with Crippen LogP contribution in [-0.4, -0.2) is 29.3 Å². The van der Waals surface area contributed by atoms with Crippen LogP contribution in [0.2, 0.25) is 0 Å². The molecule has 0 radical (unpaired) electrons. The van der Waals surface area contributed by atoms with Crippen molar-refractivity contribution in [2.45, 2.75) is 53.2 Å². The standard InChI is InChI=1S/C12H25NO/c1-5-10-6-8-13(9-7-10)11(14)12(2,3)4/h10-11,14H,5-9H2,1-4H3. The molecule has 14 heavy (non-hydrogen) atoms. The van der Waals surface area contributed by atoms with Gasteiger partial charge in [0.25, 0.3) is 0 Å². The molecule has 1 fully saturated rings. The first kappa shape index (κ1) is 12.0. The number of likely N-dealkylation sites (tertiary alicyclic amines) is 1. The Hall–Kier alpha value is -0.0800. The summed E-state index contributed by atoms with van der Waals surface area (Å²) in [5.41, 5.74) is -0.0148. The van der Waals surface area contributed by atoms with E-state index < -0.39 is 0 Å². The van der Waals surface area contributed by atoms with Gasteiger partial charge >= 0.3 is 0 Å². The molecule has 0 aromatic heterocycles. The van der Waals surface area contributed by atoms with Gasteiger partial charge in [-0.05, 0) is 18.8 Å². The number of aliphatic hydroxyl groups is 1. The maximum absolute atomic E-state index is 10.1. The van der Waals surface area contributed by atoms with E-state index in [1.54, 1.807) is 0 Å². The summed E-state index contributed by atoms with van der Waals surface area (Å²) in [5.74, 6) is 0.887. The molecule has 0 aliphatic carbocycles. The summed E-state index contributed by atoms with van der Waals surface area (Å²) in [4.78, 5) is 2.23. The Kier molecular flexibility index (Phi) is 3.96. The normalized spacial score (nSPS) is 23.8. The van der Waals surface area contributed by atoms with E-state index in [-0.39, 0.29) is 11.6 Å². The number of hydrogen-bond donors (Lipinski definition) is 1. The summed E-state index contributed by atoms with van der Waals surface area (Å²) in [6, 6.07) is 0. The van der Waals surface area contributed by atoms with Gasteiger partial charge in [0.2, 0.25) is 0 Å². The van der Waals surface area contributed by atoms with Crippen LogP contribution in [0.3, 0.4) is 0 Å². The molecule has 0 aromatic carbocycles. The van der Waals surface area contributed by atoms with Crippen LogP contribution in [0.5, 0.6) is 0 Å². The predicted molar refractivity (Wildman–Crippen MR) is 60.0 cm³/mol. The second kappa shape index (κ2) is 4.63. The van der Waals surface area contributed by atoms with E-state index in [0.717, 1.165) is 19.0 Å². The molecule has 84 valence electrons. The van der Waals surface area contributed by atoms with Crippen molar-refractivity contribution < 1.29 is 5.11 Å². The van der Waals surface area contributed by atoms with Crippen molar-refractivity contribution >= 4 is 0 Å². The van der Waals surface area contributed by atoms with Crippen molar-refractivity contribution in [3.05, 3.63) is 0 Å². The van der Waals surface area contributed by atoms with Gasteiger partial charge in [-0.3, -0.25) is 4.90 Å². The van der Waals surface area contributed by atoms with E-state index in [2.05, 4.69) is 32.6 Å². The van der Waals surface area contributed by atoms with Crippen molar-refractivity contribution in [1.29, 1.82) is 0 Å². The number of nitrogens with zero attached hydrogens (tertiary/aromatic N) is 1. The van der Waals surface area contributed by atoms with Crippen molar-refractivity contribution in [2.24, 2.45) is 11.3 Å². The van der Waals surface area contributed by atoms with Crippen LogP contribution in [0.1, 0.15) is 47.0 Å². The summed E-state index contributed by atoms with van der Waals surface area (Å²) < 4.78 is 0. The van der Waals surface area contributed by atoms with E-state index in [0.29, 0.717) is 0 Å². The Bertz CT molecular complexity index is 166. The second-order valence-corrected chi connectivity index (χ2v) is 5.63. The van der Waals surface area contributed by atoms with Crippen LogP contribution in [0.15, 0.2) is 0 Å². The first-order valence-electron chi connectivity index (χ1n) is 5.87. The lowest BCUT2D eigenvalue weighted by molar-refractivity contribution is -0.0834. The fraction of sp³-hybridized carbons (Fsp3) is 1.00. The predicted octanol–water partition coefficient (Wildman–Crippen LogP) is 2.47. The minimum Gasteiger partial charge on any atom is -0.378 e. The van der Waals surface area contributed by atoms with Crippen LogP contribution in [0, 0.1) is 11.3 Å². The SMILES string of the molecule is CCC1CCN(C(O)C(C)(C)C)CC1. The molecule has 0 amide bonds. The monoisotopic (exact) mass is 199 g/mol. The molecule has 0 aromatic rings. The zero-order valence-electron chi connectivity index (χ0n) is 10.1. The third-order valence-electron chi connectivity index (χ3n) is 3.35. The molecule has 1 atom stereocenters. The van der Waals surface area contributed by atoms with Crippen LogP contribution in [0.25, 0.3) is 0 Å². The van der Waals surface area contributed by atoms with Gasteiger partial charge in [0, 0.05) is 18.5 Å². The molecule has 1 N–H and O–H groups in total. The molecular weight excluding hydrogens is 174 g/mol. The van der Waals surface area contributed by atoms with E-state index in [1.165, 1.54) is 19.3 Å². The Morgan fingerprint density at radius 2 is 1.79 bits per heavy atom. The zero-order chi connectivity index (χ0) is 10.8. The average molecular weight is 199 g/mol. The molecule has 0 bridgehead atoms. The van der Waals surface area contributed by atoms with Gasteiger partial charge < -0.3 is 5.11 Å². The van der Waals surface area contributed by atoms with Crippen molar-refractivity contribution in [1.82, 2.24) is 4.90 Å². The topological polar surface area (TPSA) is 23.5 Å². The highest BCUT2D eigenvalue weighted by molar-refractivity contribution is 4.79. The molecule has 2 heteroatoms. The number of aliphatic hydroxyl groups excluding tert-OH is 1. The van der Waals surface area contributed by atoms with E-state index >= 15 is 0 Å². The van der Waals surface area contributed by atoms with Gasteiger partial charge in [-0.15, -0.1) is 0 Å². The lowest BCUT2D eigenvalue weighted by atomic mass is 9.89. The Morgan fingerprint density at radius 3 is 2.14 bits per heavy atom. The Labute approximate surface area is 88.3 Å². The number of rotatable bonds is 2. The quantitative estimate of drug-likeness (QED) is 0.738. The minimum absolute atomic E-state index is 0.0148. The fourth-order valence-electron chi connectivity index (χ4n) is 2.15. The van der Waals surface area contributed by atoms with Gasteiger partial charge in [-0.1, -0.05) is 34.1 Å². The van der Waals surface area contributed by atoms with Crippen LogP contribution in [0.4, 0.5) is 0 Å². The van der Waals surface area contributed by atoms with Crippen molar-refractivity contribution in [3.8, 4) is 0 Å². The molecule has 1 aliphatic rings. The summed E-state index contributed by atoms with van der Waals surface area (Å²) >= 11 is 0. The minimum atomic E-state index is -0.277. The highest BCUT2D eigenvalue weighted by atomic mass is 16.3. The summed E-state index contributed by atoms with van der Waals surface area (Å²) in [7, 11) is 0. The zero-order valence-corrected chi connectivity index (χ0v) is 10.1. The summed E-state index contributed by atoms with van der Waals surface area (Å²) in [5, 5.41) is 10.1. The van der Waals surface area contributed by atoms with E-state index in [1.807, 2.05) is 0 Å². The van der Waals surface area contributed by atoms with Gasteiger partial charge in [0.05, 0.1) is 0 Å². The van der Waals surface area contributed by atoms with Crippen LogP contribution in [-0.2, 0) is 0 Å². The lowest BCUT2D eigenvalue weighted by Gasteiger charge is -2.40. The molecule has 1 rings (SSSR count). The smallest absolute Gasteiger partial charge is 0.112 e. The molecule has 2 nitrogen and oxygen atoms in total. The summed E-state index contributed by atoms with van der Waals surface area (Å²) in [6.45, 7) is 10.7. The van der Waals surface area contributed by atoms with Crippen LogP contribution >= 0.6 is 0 Å². The average Bonchev–Trinajstić information content (AvgIpc) is 2.15. The largest absolute Gasteiger partial charge is 0.378 e. The van der Waals surface area contributed by atoms with E-state index in [9.17, 15) is 5.11 Å².